The first-order valence-electron chi connectivity index (χ1n) is 22.0. The Labute approximate surface area is 374 Å². The molecule has 14 rings (SSSR count). The van der Waals surface area contributed by atoms with E-state index in [9.17, 15) is 0 Å². The molecule has 298 valence electrons. The van der Waals surface area contributed by atoms with Gasteiger partial charge in [-0.05, 0) is 98.1 Å². The van der Waals surface area contributed by atoms with E-state index in [0.29, 0.717) is 0 Å². The molecule has 0 unspecified atom stereocenters. The van der Waals surface area contributed by atoms with E-state index in [2.05, 4.69) is 229 Å². The number of benzene rings is 11. The molecule has 0 fully saturated rings. The summed E-state index contributed by atoms with van der Waals surface area (Å²) in [5.74, 6) is 1.87. The first kappa shape index (κ1) is 35.6. The highest BCUT2D eigenvalue weighted by Gasteiger charge is 2.51. The van der Waals surface area contributed by atoms with Crippen molar-refractivity contribution in [3.63, 3.8) is 0 Å². The smallest absolute Gasteiger partial charge is 0.140 e. The van der Waals surface area contributed by atoms with Crippen molar-refractivity contribution in [1.29, 1.82) is 0 Å². The summed E-state index contributed by atoms with van der Waals surface area (Å²) in [6.45, 7) is 0. The molecule has 1 aliphatic carbocycles. The van der Waals surface area contributed by atoms with Gasteiger partial charge in [-0.1, -0.05) is 176 Å². The zero-order valence-electron chi connectivity index (χ0n) is 34.6. The fourth-order valence-electron chi connectivity index (χ4n) is 11.2. The summed E-state index contributed by atoms with van der Waals surface area (Å²) in [5, 5.41) is 9.58. The summed E-state index contributed by atoms with van der Waals surface area (Å²) in [7, 11) is 0. The quantitative estimate of drug-likeness (QED) is 0.175. The van der Waals surface area contributed by atoms with E-state index in [0.717, 1.165) is 39.3 Å². The second kappa shape index (κ2) is 13.5. The highest BCUT2D eigenvalue weighted by atomic mass is 32.1. The van der Waals surface area contributed by atoms with Gasteiger partial charge in [0.25, 0.3) is 0 Å². The van der Waals surface area contributed by atoms with Crippen molar-refractivity contribution in [2.24, 2.45) is 0 Å². The Bertz CT molecular complexity index is 3820. The predicted octanol–water partition coefficient (Wildman–Crippen LogP) is 17.1. The summed E-state index contributed by atoms with van der Waals surface area (Å²) >= 11 is 1.86. The van der Waals surface area contributed by atoms with Gasteiger partial charge in [0, 0.05) is 58.8 Å². The lowest BCUT2D eigenvalue weighted by atomic mass is 9.65. The zero-order chi connectivity index (χ0) is 41.9. The molecule has 0 bridgehead atoms. The van der Waals surface area contributed by atoms with E-state index >= 15 is 0 Å². The van der Waals surface area contributed by atoms with E-state index in [1.54, 1.807) is 0 Å². The molecule has 1 aliphatic heterocycles. The molecule has 0 saturated carbocycles. The standard InChI is InChI=1S/C61H37NOS/c1-2-16-41(17-3-1)62(42-29-35-58-51(37-42)49-23-11-13-25-57(49)64-58)56-34-30-43(46-20-8-9-22-48(46)56)40-28-31-53-50(36-40)47-21-10-12-24-52(47)61(53)54-32-26-38-14-4-6-18-44(38)59(54)63-60-45-19-7-5-15-39(45)27-33-55(60)61/h1-37H. The lowest BCUT2D eigenvalue weighted by Crippen LogP contribution is -2.32. The topological polar surface area (TPSA) is 12.5 Å². The summed E-state index contributed by atoms with van der Waals surface area (Å²) in [4.78, 5) is 2.42. The zero-order valence-corrected chi connectivity index (χ0v) is 35.4. The largest absolute Gasteiger partial charge is 0.455 e. The Balaban J connectivity index is 0.986. The number of thiophene rings is 1. The van der Waals surface area contributed by atoms with Gasteiger partial charge in [-0.3, -0.25) is 0 Å². The SMILES string of the molecule is c1ccc(N(c2ccc3sc4ccccc4c3c2)c2ccc(-c3ccc4c(c3)-c3ccccc3C43c4ccc5ccccc5c4Oc4c3ccc3ccccc43)c3ccccc23)cc1. The molecule has 1 spiro atoms. The van der Waals surface area contributed by atoms with Gasteiger partial charge in [-0.25, -0.2) is 0 Å². The minimum Gasteiger partial charge on any atom is -0.455 e. The van der Waals surface area contributed by atoms with Crippen LogP contribution in [0.4, 0.5) is 17.1 Å². The monoisotopic (exact) mass is 831 g/mol. The van der Waals surface area contributed by atoms with E-state index in [-0.39, 0.29) is 0 Å². The van der Waals surface area contributed by atoms with Gasteiger partial charge >= 0.3 is 0 Å². The van der Waals surface area contributed by atoms with Crippen molar-refractivity contribution in [2.75, 3.05) is 4.90 Å². The summed E-state index contributed by atoms with van der Waals surface area (Å²) in [6.07, 6.45) is 0. The minimum absolute atomic E-state index is 0.585. The molecular formula is C61H37NOS. The molecule has 2 nitrogen and oxygen atoms in total. The minimum atomic E-state index is -0.585. The normalized spacial score (nSPS) is 13.2. The Morgan fingerprint density at radius 3 is 1.70 bits per heavy atom. The highest BCUT2D eigenvalue weighted by Crippen LogP contribution is 2.64. The van der Waals surface area contributed by atoms with Gasteiger partial charge in [-0.15, -0.1) is 11.3 Å². The van der Waals surface area contributed by atoms with Crippen LogP contribution in [0.1, 0.15) is 22.3 Å². The van der Waals surface area contributed by atoms with Crippen LogP contribution in [0.2, 0.25) is 0 Å². The number of fused-ring (bicyclic) bond motifs is 17. The van der Waals surface area contributed by atoms with Crippen LogP contribution in [0.15, 0.2) is 224 Å². The summed E-state index contributed by atoms with van der Waals surface area (Å²) in [5.41, 5.74) is 12.6. The van der Waals surface area contributed by atoms with E-state index < -0.39 is 5.41 Å². The van der Waals surface area contributed by atoms with Crippen LogP contribution >= 0.6 is 11.3 Å². The highest BCUT2D eigenvalue weighted by molar-refractivity contribution is 7.25. The number of hydrogen-bond donors (Lipinski definition) is 0. The molecule has 1 aromatic heterocycles. The molecule has 0 atom stereocenters. The first-order chi connectivity index (χ1) is 31.7. The van der Waals surface area contributed by atoms with Gasteiger partial charge in [0.05, 0.1) is 11.1 Å². The van der Waals surface area contributed by atoms with Crippen molar-refractivity contribution in [3.05, 3.63) is 247 Å². The second-order valence-electron chi connectivity index (χ2n) is 17.1. The average molecular weight is 832 g/mol. The molecule has 12 aromatic rings. The molecule has 0 N–H and O–H groups in total. The Hall–Kier alpha value is -7.98. The molecule has 0 radical (unpaired) electrons. The third kappa shape index (κ3) is 4.90. The number of ether oxygens (including phenoxy) is 1. The lowest BCUT2D eigenvalue weighted by molar-refractivity contribution is 0.447. The van der Waals surface area contributed by atoms with Crippen molar-refractivity contribution in [3.8, 4) is 33.8 Å². The fourth-order valence-corrected chi connectivity index (χ4v) is 12.2. The van der Waals surface area contributed by atoms with E-state index in [1.807, 2.05) is 11.3 Å². The van der Waals surface area contributed by atoms with Crippen molar-refractivity contribution in [2.45, 2.75) is 5.41 Å². The van der Waals surface area contributed by atoms with E-state index in [1.165, 1.54) is 86.2 Å². The number of anilines is 3. The van der Waals surface area contributed by atoms with Crippen LogP contribution in [0, 0.1) is 0 Å². The summed E-state index contributed by atoms with van der Waals surface area (Å²) < 4.78 is 9.80. The third-order valence-corrected chi connectivity index (χ3v) is 15.1. The lowest BCUT2D eigenvalue weighted by Gasteiger charge is -2.40. The third-order valence-electron chi connectivity index (χ3n) is 13.9. The van der Waals surface area contributed by atoms with Gasteiger partial charge in [0.1, 0.15) is 11.5 Å². The maximum atomic E-state index is 7.19. The van der Waals surface area contributed by atoms with Gasteiger partial charge in [0.15, 0.2) is 0 Å². The van der Waals surface area contributed by atoms with Gasteiger partial charge < -0.3 is 9.64 Å². The molecule has 11 aromatic carbocycles. The first-order valence-corrected chi connectivity index (χ1v) is 22.8. The maximum Gasteiger partial charge on any atom is 0.140 e. The van der Waals surface area contributed by atoms with Crippen LogP contribution in [0.25, 0.3) is 74.7 Å². The van der Waals surface area contributed by atoms with E-state index in [4.69, 9.17) is 4.74 Å². The molecule has 0 saturated heterocycles. The Morgan fingerprint density at radius 1 is 0.344 bits per heavy atom. The molecular weight excluding hydrogens is 795 g/mol. The average Bonchev–Trinajstić information content (AvgIpc) is 3.87. The molecule has 64 heavy (non-hydrogen) atoms. The Morgan fingerprint density at radius 2 is 0.938 bits per heavy atom. The molecule has 2 aliphatic rings. The van der Waals surface area contributed by atoms with Crippen molar-refractivity contribution < 1.29 is 4.74 Å². The van der Waals surface area contributed by atoms with Gasteiger partial charge in [0.2, 0.25) is 0 Å². The number of para-hydroxylation sites is 1. The summed E-state index contributed by atoms with van der Waals surface area (Å²) in [6, 6.07) is 82.7. The van der Waals surface area contributed by atoms with Crippen LogP contribution < -0.4 is 9.64 Å². The second-order valence-corrected chi connectivity index (χ2v) is 18.2. The van der Waals surface area contributed by atoms with Crippen LogP contribution in [-0.2, 0) is 5.41 Å². The van der Waals surface area contributed by atoms with Crippen LogP contribution in [0.3, 0.4) is 0 Å². The van der Waals surface area contributed by atoms with Crippen LogP contribution in [-0.4, -0.2) is 0 Å². The molecule has 3 heteroatoms. The van der Waals surface area contributed by atoms with Gasteiger partial charge in [-0.2, -0.15) is 0 Å². The molecule has 2 heterocycles. The van der Waals surface area contributed by atoms with Crippen molar-refractivity contribution >= 4 is 80.9 Å². The Kier molecular flexibility index (Phi) is 7.51. The number of nitrogens with zero attached hydrogens (tertiary/aromatic N) is 1. The maximum absolute atomic E-state index is 7.19. The fraction of sp³-hybridized carbons (Fsp3) is 0.0164. The number of hydrogen-bond acceptors (Lipinski definition) is 3. The number of rotatable bonds is 4. The predicted molar refractivity (Wildman–Crippen MR) is 269 cm³/mol. The molecule has 0 amide bonds. The van der Waals surface area contributed by atoms with Crippen molar-refractivity contribution in [1.82, 2.24) is 0 Å². The van der Waals surface area contributed by atoms with Crippen LogP contribution in [0.5, 0.6) is 11.5 Å².